The first-order valence-electron chi connectivity index (χ1n) is 4.28. The number of rotatable bonds is 7. The molecule has 0 heterocycles. The van der Waals surface area contributed by atoms with Crippen LogP contribution in [0.2, 0.25) is 0 Å². The molecule has 0 unspecified atom stereocenters. The predicted octanol–water partition coefficient (Wildman–Crippen LogP) is 1.24. The third-order valence-corrected chi connectivity index (χ3v) is 1.93. The van der Waals surface area contributed by atoms with Gasteiger partial charge in [0.15, 0.2) is 0 Å². The Morgan fingerprint density at radius 3 is 2.82 bits per heavy atom. The number of halogens is 1. The summed E-state index contributed by atoms with van der Waals surface area (Å²) < 4.78 is 5.19. The Balaban J connectivity index is 1.66. The van der Waals surface area contributed by atoms with Crippen LogP contribution in [-0.2, 0) is 4.74 Å². The molecule has 0 radical (unpaired) electrons. The van der Waals surface area contributed by atoms with Crippen molar-refractivity contribution in [2.75, 3.05) is 32.2 Å². The minimum Gasteiger partial charge on any atom is -0.379 e. The van der Waals surface area contributed by atoms with Crippen molar-refractivity contribution in [3.05, 3.63) is 0 Å². The molecule has 1 aliphatic carbocycles. The van der Waals surface area contributed by atoms with E-state index in [4.69, 9.17) is 16.3 Å². The Hall–Kier alpha value is 0.210. The van der Waals surface area contributed by atoms with Gasteiger partial charge in [0.2, 0.25) is 0 Å². The molecule has 0 aromatic rings. The SMILES string of the molecule is ClCCOCCNCC1CC1. The molecule has 2 nitrogen and oxygen atoms in total. The van der Waals surface area contributed by atoms with Gasteiger partial charge >= 0.3 is 0 Å². The fourth-order valence-corrected chi connectivity index (χ4v) is 1.04. The molecule has 1 saturated carbocycles. The molecule has 0 spiro atoms. The van der Waals surface area contributed by atoms with Crippen LogP contribution in [0.25, 0.3) is 0 Å². The summed E-state index contributed by atoms with van der Waals surface area (Å²) in [6.45, 7) is 3.60. The highest BCUT2D eigenvalue weighted by molar-refractivity contribution is 6.17. The van der Waals surface area contributed by atoms with Crippen LogP contribution < -0.4 is 5.32 Å². The molecule has 66 valence electrons. The summed E-state index contributed by atoms with van der Waals surface area (Å²) in [6, 6.07) is 0. The Bertz CT molecular complexity index is 96.1. The van der Waals surface area contributed by atoms with Gasteiger partial charge in [-0.25, -0.2) is 0 Å². The van der Waals surface area contributed by atoms with Crippen molar-refractivity contribution < 1.29 is 4.74 Å². The van der Waals surface area contributed by atoms with E-state index in [1.807, 2.05) is 0 Å². The molecule has 1 fully saturated rings. The van der Waals surface area contributed by atoms with Gasteiger partial charge in [-0.3, -0.25) is 0 Å². The summed E-state index contributed by atoms with van der Waals surface area (Å²) in [5.74, 6) is 1.56. The molecule has 0 aromatic heterocycles. The smallest absolute Gasteiger partial charge is 0.0602 e. The minimum atomic E-state index is 0.600. The first kappa shape index (κ1) is 9.30. The summed E-state index contributed by atoms with van der Waals surface area (Å²) in [5, 5.41) is 3.34. The molecule has 0 aliphatic heterocycles. The van der Waals surface area contributed by atoms with Crippen LogP contribution in [0, 0.1) is 5.92 Å². The number of hydrogen-bond acceptors (Lipinski definition) is 2. The van der Waals surface area contributed by atoms with E-state index in [0.29, 0.717) is 12.5 Å². The molecular weight excluding hydrogens is 162 g/mol. The summed E-state index contributed by atoms with van der Waals surface area (Å²) in [7, 11) is 0. The molecule has 0 aromatic carbocycles. The van der Waals surface area contributed by atoms with Crippen LogP contribution in [-0.4, -0.2) is 32.2 Å². The summed E-state index contributed by atoms with van der Waals surface area (Å²) in [5.41, 5.74) is 0. The van der Waals surface area contributed by atoms with Gasteiger partial charge in [0.25, 0.3) is 0 Å². The maximum absolute atomic E-state index is 5.43. The van der Waals surface area contributed by atoms with Gasteiger partial charge in [-0.15, -0.1) is 11.6 Å². The van der Waals surface area contributed by atoms with Crippen LogP contribution in [0.5, 0.6) is 0 Å². The van der Waals surface area contributed by atoms with E-state index in [2.05, 4.69) is 5.32 Å². The molecule has 11 heavy (non-hydrogen) atoms. The van der Waals surface area contributed by atoms with Crippen LogP contribution in [0.4, 0.5) is 0 Å². The van der Waals surface area contributed by atoms with E-state index in [-0.39, 0.29) is 0 Å². The lowest BCUT2D eigenvalue weighted by atomic mass is 10.4. The zero-order chi connectivity index (χ0) is 7.94. The van der Waals surface area contributed by atoms with Crippen molar-refractivity contribution >= 4 is 11.6 Å². The Labute approximate surface area is 73.3 Å². The Kier molecular flexibility index (Phi) is 4.91. The quantitative estimate of drug-likeness (QED) is 0.467. The van der Waals surface area contributed by atoms with Crippen LogP contribution in [0.3, 0.4) is 0 Å². The Morgan fingerprint density at radius 1 is 1.36 bits per heavy atom. The van der Waals surface area contributed by atoms with Crippen LogP contribution >= 0.6 is 11.6 Å². The number of ether oxygens (including phenoxy) is 1. The third kappa shape index (κ3) is 5.48. The first-order valence-corrected chi connectivity index (χ1v) is 4.81. The minimum absolute atomic E-state index is 0.600. The van der Waals surface area contributed by atoms with E-state index in [9.17, 15) is 0 Å². The number of nitrogens with one attached hydrogen (secondary N) is 1. The van der Waals surface area contributed by atoms with Gasteiger partial charge in [0.1, 0.15) is 0 Å². The van der Waals surface area contributed by atoms with Crippen molar-refractivity contribution in [2.45, 2.75) is 12.8 Å². The van der Waals surface area contributed by atoms with Gasteiger partial charge < -0.3 is 10.1 Å². The van der Waals surface area contributed by atoms with Gasteiger partial charge in [-0.2, -0.15) is 0 Å². The van der Waals surface area contributed by atoms with Crippen molar-refractivity contribution in [3.63, 3.8) is 0 Å². The highest BCUT2D eigenvalue weighted by atomic mass is 35.5. The highest BCUT2D eigenvalue weighted by Gasteiger charge is 2.19. The average Bonchev–Trinajstić information content (AvgIpc) is 2.80. The van der Waals surface area contributed by atoms with Gasteiger partial charge in [0, 0.05) is 12.4 Å². The van der Waals surface area contributed by atoms with Gasteiger partial charge in [-0.1, -0.05) is 0 Å². The van der Waals surface area contributed by atoms with E-state index >= 15 is 0 Å². The molecular formula is C8H16ClNO. The Morgan fingerprint density at radius 2 is 2.18 bits per heavy atom. The average molecular weight is 178 g/mol. The lowest BCUT2D eigenvalue weighted by Crippen LogP contribution is -2.22. The maximum atomic E-state index is 5.43. The van der Waals surface area contributed by atoms with E-state index in [1.165, 1.54) is 19.4 Å². The van der Waals surface area contributed by atoms with Gasteiger partial charge in [-0.05, 0) is 25.3 Å². The van der Waals surface area contributed by atoms with E-state index < -0.39 is 0 Å². The van der Waals surface area contributed by atoms with Crippen molar-refractivity contribution in [1.82, 2.24) is 5.32 Å². The maximum Gasteiger partial charge on any atom is 0.0602 e. The largest absolute Gasteiger partial charge is 0.379 e. The van der Waals surface area contributed by atoms with Crippen molar-refractivity contribution in [3.8, 4) is 0 Å². The summed E-state index contributed by atoms with van der Waals surface area (Å²) in [4.78, 5) is 0. The van der Waals surface area contributed by atoms with Gasteiger partial charge in [0.05, 0.1) is 13.2 Å². The fourth-order valence-electron chi connectivity index (χ4n) is 0.929. The number of alkyl halides is 1. The lowest BCUT2D eigenvalue weighted by Gasteiger charge is -2.03. The molecule has 1 rings (SSSR count). The standard InChI is InChI=1S/C8H16ClNO/c9-3-5-11-6-4-10-7-8-1-2-8/h8,10H,1-7H2. The molecule has 3 heteroatoms. The summed E-state index contributed by atoms with van der Waals surface area (Å²) >= 11 is 5.43. The molecule has 0 bridgehead atoms. The zero-order valence-electron chi connectivity index (χ0n) is 6.81. The second kappa shape index (κ2) is 5.81. The van der Waals surface area contributed by atoms with E-state index in [0.717, 1.165) is 19.1 Å². The molecule has 1 N–H and O–H groups in total. The molecule has 0 atom stereocenters. The fraction of sp³-hybridized carbons (Fsp3) is 1.00. The first-order chi connectivity index (χ1) is 5.43. The van der Waals surface area contributed by atoms with Crippen molar-refractivity contribution in [1.29, 1.82) is 0 Å². The molecule has 1 aliphatic rings. The zero-order valence-corrected chi connectivity index (χ0v) is 7.57. The second-order valence-electron chi connectivity index (χ2n) is 2.95. The monoisotopic (exact) mass is 177 g/mol. The molecule has 0 saturated heterocycles. The third-order valence-electron chi connectivity index (χ3n) is 1.77. The topological polar surface area (TPSA) is 21.3 Å². The van der Waals surface area contributed by atoms with Crippen LogP contribution in [0.15, 0.2) is 0 Å². The lowest BCUT2D eigenvalue weighted by molar-refractivity contribution is 0.151. The van der Waals surface area contributed by atoms with E-state index in [1.54, 1.807) is 0 Å². The summed E-state index contributed by atoms with van der Waals surface area (Å²) in [6.07, 6.45) is 2.82. The number of hydrogen-bond donors (Lipinski definition) is 1. The predicted molar refractivity (Wildman–Crippen MR) is 47.1 cm³/mol. The van der Waals surface area contributed by atoms with Crippen LogP contribution in [0.1, 0.15) is 12.8 Å². The normalized spacial score (nSPS) is 17.2. The van der Waals surface area contributed by atoms with Crippen molar-refractivity contribution in [2.24, 2.45) is 5.92 Å². The second-order valence-corrected chi connectivity index (χ2v) is 3.33. The highest BCUT2D eigenvalue weighted by Crippen LogP contribution is 2.27. The molecule has 0 amide bonds.